The second kappa shape index (κ2) is 7.44. The number of aromatic nitrogens is 2. The van der Waals surface area contributed by atoms with E-state index in [0.717, 1.165) is 38.1 Å². The molecule has 0 unspecified atom stereocenters. The number of hydrogen-bond donors (Lipinski definition) is 1. The average Bonchev–Trinajstić information content (AvgIpc) is 3.24. The largest absolute Gasteiger partial charge is 0.492 e. The first-order valence-corrected chi connectivity index (χ1v) is 8.26. The highest BCUT2D eigenvalue weighted by atomic mass is 16.5. The molecule has 3 rings (SSSR count). The van der Waals surface area contributed by atoms with Gasteiger partial charge in [0.05, 0.1) is 6.04 Å². The molecule has 1 atom stereocenters. The van der Waals surface area contributed by atoms with Gasteiger partial charge < -0.3 is 15.0 Å². The van der Waals surface area contributed by atoms with Crippen molar-refractivity contribution >= 4 is 5.91 Å². The standard InChI is InChI=1S/C17H22N4O3/c1-2-12-5-3-6-13(11-12)23-10-9-21-8-4-7-14(21)17-19-16(15(18)22)20-24-17/h3,5-6,11,14H,2,4,7-10H2,1H3,(H2,18,22)/t14-/m1/s1. The van der Waals surface area contributed by atoms with E-state index in [9.17, 15) is 4.79 Å². The van der Waals surface area contributed by atoms with Crippen LogP contribution < -0.4 is 10.5 Å². The summed E-state index contributed by atoms with van der Waals surface area (Å²) in [7, 11) is 0. The van der Waals surface area contributed by atoms with Crippen molar-refractivity contribution in [2.45, 2.75) is 32.2 Å². The van der Waals surface area contributed by atoms with Crippen molar-refractivity contribution < 1.29 is 14.1 Å². The molecule has 0 radical (unpaired) electrons. The first kappa shape index (κ1) is 16.4. The number of nitrogens with two attached hydrogens (primary N) is 1. The molecule has 1 aromatic carbocycles. The number of carbonyl (C=O) groups is 1. The Kier molecular flexibility index (Phi) is 5.10. The SMILES string of the molecule is CCc1cccc(OCCN2CCC[C@@H]2c2nc(C(N)=O)no2)c1. The Morgan fingerprint density at radius 2 is 2.38 bits per heavy atom. The van der Waals surface area contributed by atoms with E-state index < -0.39 is 5.91 Å². The van der Waals surface area contributed by atoms with Crippen molar-refractivity contribution in [3.05, 3.63) is 41.5 Å². The predicted molar refractivity (Wildman–Crippen MR) is 87.7 cm³/mol. The summed E-state index contributed by atoms with van der Waals surface area (Å²) in [6.07, 6.45) is 2.96. The molecule has 1 amide bonds. The van der Waals surface area contributed by atoms with Crippen LogP contribution in [0.4, 0.5) is 0 Å². The Labute approximate surface area is 140 Å². The maximum absolute atomic E-state index is 11.1. The molecule has 1 aliphatic rings. The summed E-state index contributed by atoms with van der Waals surface area (Å²) in [5.74, 6) is 0.603. The van der Waals surface area contributed by atoms with Crippen molar-refractivity contribution in [2.75, 3.05) is 19.7 Å². The summed E-state index contributed by atoms with van der Waals surface area (Å²) >= 11 is 0. The first-order valence-electron chi connectivity index (χ1n) is 8.26. The number of amides is 1. The summed E-state index contributed by atoms with van der Waals surface area (Å²) in [6.45, 7) is 4.41. The topological polar surface area (TPSA) is 94.5 Å². The lowest BCUT2D eigenvalue weighted by molar-refractivity contribution is 0.0987. The van der Waals surface area contributed by atoms with Gasteiger partial charge >= 0.3 is 0 Å². The Morgan fingerprint density at radius 1 is 1.50 bits per heavy atom. The number of rotatable bonds is 7. The normalized spacial score (nSPS) is 18.0. The second-order valence-corrected chi connectivity index (χ2v) is 5.86. The van der Waals surface area contributed by atoms with Crippen LogP contribution in [0.2, 0.25) is 0 Å². The summed E-state index contributed by atoms with van der Waals surface area (Å²) in [5, 5.41) is 3.62. The molecule has 0 bridgehead atoms. The van der Waals surface area contributed by atoms with Crippen molar-refractivity contribution in [3.8, 4) is 5.75 Å². The summed E-state index contributed by atoms with van der Waals surface area (Å²) in [5.41, 5.74) is 6.43. The van der Waals surface area contributed by atoms with Gasteiger partial charge in [-0.1, -0.05) is 24.2 Å². The molecule has 2 aromatic rings. The van der Waals surface area contributed by atoms with Crippen LogP contribution in [0.25, 0.3) is 0 Å². The van der Waals surface area contributed by atoms with Gasteiger partial charge in [-0.15, -0.1) is 0 Å². The van der Waals surface area contributed by atoms with Crippen LogP contribution in [0.1, 0.15) is 47.9 Å². The minimum atomic E-state index is -0.673. The monoisotopic (exact) mass is 330 g/mol. The van der Waals surface area contributed by atoms with Gasteiger partial charge in [0.1, 0.15) is 12.4 Å². The highest BCUT2D eigenvalue weighted by Gasteiger charge is 2.31. The third-order valence-electron chi connectivity index (χ3n) is 4.26. The zero-order valence-corrected chi connectivity index (χ0v) is 13.8. The maximum Gasteiger partial charge on any atom is 0.290 e. The lowest BCUT2D eigenvalue weighted by Gasteiger charge is -2.21. The van der Waals surface area contributed by atoms with Gasteiger partial charge in [-0.05, 0) is 43.5 Å². The van der Waals surface area contributed by atoms with Crippen LogP contribution in [0.5, 0.6) is 5.75 Å². The Bertz CT molecular complexity index is 701. The molecule has 7 heteroatoms. The van der Waals surface area contributed by atoms with E-state index in [1.54, 1.807) is 0 Å². The predicted octanol–water partition coefficient (Wildman–Crippen LogP) is 1.95. The summed E-state index contributed by atoms with van der Waals surface area (Å²) < 4.78 is 11.0. The molecule has 1 aromatic heterocycles. The minimum absolute atomic E-state index is 0.0242. The molecule has 7 nitrogen and oxygen atoms in total. The lowest BCUT2D eigenvalue weighted by Crippen LogP contribution is -2.28. The van der Waals surface area contributed by atoms with E-state index in [1.807, 2.05) is 12.1 Å². The fourth-order valence-corrected chi connectivity index (χ4v) is 2.98. The molecule has 1 saturated heterocycles. The average molecular weight is 330 g/mol. The van der Waals surface area contributed by atoms with Crippen molar-refractivity contribution in [2.24, 2.45) is 5.73 Å². The van der Waals surface area contributed by atoms with E-state index in [1.165, 1.54) is 5.56 Å². The zero-order valence-electron chi connectivity index (χ0n) is 13.8. The van der Waals surface area contributed by atoms with Gasteiger partial charge in [0.2, 0.25) is 5.89 Å². The highest BCUT2D eigenvalue weighted by molar-refractivity contribution is 5.88. The number of carbonyl (C=O) groups excluding carboxylic acids is 1. The van der Waals surface area contributed by atoms with E-state index in [-0.39, 0.29) is 11.9 Å². The third-order valence-corrected chi connectivity index (χ3v) is 4.26. The van der Waals surface area contributed by atoms with E-state index >= 15 is 0 Å². The number of primary amides is 1. The number of nitrogens with zero attached hydrogens (tertiary/aromatic N) is 3. The second-order valence-electron chi connectivity index (χ2n) is 5.86. The van der Waals surface area contributed by atoms with Crippen LogP contribution in [-0.2, 0) is 6.42 Å². The van der Waals surface area contributed by atoms with Gasteiger partial charge in [0, 0.05) is 6.54 Å². The number of ether oxygens (including phenoxy) is 1. The molecular formula is C17H22N4O3. The fraction of sp³-hybridized carbons (Fsp3) is 0.471. The van der Waals surface area contributed by atoms with Gasteiger partial charge in [-0.25, -0.2) is 0 Å². The van der Waals surface area contributed by atoms with Crippen molar-refractivity contribution in [3.63, 3.8) is 0 Å². The highest BCUT2D eigenvalue weighted by Crippen LogP contribution is 2.30. The third kappa shape index (κ3) is 3.73. The number of hydrogen-bond acceptors (Lipinski definition) is 6. The smallest absolute Gasteiger partial charge is 0.290 e. The van der Waals surface area contributed by atoms with Crippen LogP contribution in [-0.4, -0.2) is 40.6 Å². The Balaban J connectivity index is 1.56. The van der Waals surface area contributed by atoms with E-state index in [0.29, 0.717) is 12.5 Å². The van der Waals surface area contributed by atoms with Crippen molar-refractivity contribution in [1.29, 1.82) is 0 Å². The number of benzene rings is 1. The molecule has 2 N–H and O–H groups in total. The van der Waals surface area contributed by atoms with Gasteiger partial charge in [0.15, 0.2) is 0 Å². The number of aryl methyl sites for hydroxylation is 1. The fourth-order valence-electron chi connectivity index (χ4n) is 2.98. The molecule has 2 heterocycles. The van der Waals surface area contributed by atoms with Gasteiger partial charge in [-0.2, -0.15) is 4.98 Å². The molecule has 0 saturated carbocycles. The van der Waals surface area contributed by atoms with Gasteiger partial charge in [-0.3, -0.25) is 9.69 Å². The molecule has 1 aliphatic heterocycles. The molecule has 0 aliphatic carbocycles. The molecule has 24 heavy (non-hydrogen) atoms. The summed E-state index contributed by atoms with van der Waals surface area (Å²) in [6, 6.07) is 8.17. The number of likely N-dealkylation sites (tertiary alicyclic amines) is 1. The lowest BCUT2D eigenvalue weighted by atomic mass is 10.2. The maximum atomic E-state index is 11.1. The minimum Gasteiger partial charge on any atom is -0.492 e. The summed E-state index contributed by atoms with van der Waals surface area (Å²) in [4.78, 5) is 17.4. The molecule has 128 valence electrons. The zero-order chi connectivity index (χ0) is 16.9. The van der Waals surface area contributed by atoms with Crippen LogP contribution >= 0.6 is 0 Å². The molecule has 0 spiro atoms. The van der Waals surface area contributed by atoms with E-state index in [4.69, 9.17) is 15.0 Å². The molecular weight excluding hydrogens is 308 g/mol. The van der Waals surface area contributed by atoms with Gasteiger partial charge in [0.25, 0.3) is 11.7 Å². The Hall–Kier alpha value is -2.41. The Morgan fingerprint density at radius 3 is 3.12 bits per heavy atom. The molecule has 1 fully saturated rings. The quantitative estimate of drug-likeness (QED) is 0.834. The van der Waals surface area contributed by atoms with Crippen molar-refractivity contribution in [1.82, 2.24) is 15.0 Å². The van der Waals surface area contributed by atoms with Crippen LogP contribution in [0.15, 0.2) is 28.8 Å². The van der Waals surface area contributed by atoms with E-state index in [2.05, 4.69) is 34.1 Å². The van der Waals surface area contributed by atoms with Crippen LogP contribution in [0, 0.1) is 0 Å². The first-order chi connectivity index (χ1) is 11.7. The van der Waals surface area contributed by atoms with Crippen LogP contribution in [0.3, 0.4) is 0 Å².